The van der Waals surface area contributed by atoms with Crippen molar-refractivity contribution in [3.8, 4) is 17.0 Å². The molecule has 0 saturated carbocycles. The second kappa shape index (κ2) is 4.91. The average molecular weight is 245 g/mol. The molecular formula is C13H15N3O2. The van der Waals surface area contributed by atoms with Gasteiger partial charge in [0.05, 0.1) is 5.69 Å². The molecule has 94 valence electrons. The van der Waals surface area contributed by atoms with Crippen LogP contribution in [0.3, 0.4) is 0 Å². The maximum absolute atomic E-state index is 10.9. The summed E-state index contributed by atoms with van der Waals surface area (Å²) in [5.41, 5.74) is 7.91. The minimum absolute atomic E-state index is 0.490. The summed E-state index contributed by atoms with van der Waals surface area (Å²) in [4.78, 5) is 10.9. The quantitative estimate of drug-likeness (QED) is 0.859. The maximum atomic E-state index is 10.9. The fourth-order valence-electron chi connectivity index (χ4n) is 1.56. The number of carbonyl (C=O) groups is 1. The summed E-state index contributed by atoms with van der Waals surface area (Å²) in [6.07, 6.45) is -0.652. The molecule has 5 nitrogen and oxygen atoms in total. The monoisotopic (exact) mass is 245 g/mol. The number of aromatic amines is 1. The van der Waals surface area contributed by atoms with Crippen molar-refractivity contribution in [1.82, 2.24) is 10.2 Å². The number of nitrogens with one attached hydrogen (secondary N) is 1. The first kappa shape index (κ1) is 12.2. The van der Waals surface area contributed by atoms with Gasteiger partial charge in [-0.15, -0.1) is 0 Å². The Morgan fingerprint density at radius 2 is 2.22 bits per heavy atom. The van der Waals surface area contributed by atoms with Crippen LogP contribution in [0.5, 0.6) is 5.75 Å². The fraction of sp³-hybridized carbons (Fsp3) is 0.231. The van der Waals surface area contributed by atoms with E-state index in [0.717, 1.165) is 17.0 Å². The number of H-pyrrole nitrogens is 1. The molecule has 18 heavy (non-hydrogen) atoms. The van der Waals surface area contributed by atoms with E-state index in [1.165, 1.54) is 0 Å². The molecule has 2 aromatic rings. The first-order valence-corrected chi connectivity index (χ1v) is 5.64. The zero-order valence-corrected chi connectivity index (χ0v) is 10.3. The van der Waals surface area contributed by atoms with Crippen LogP contribution in [0.4, 0.5) is 0 Å². The molecule has 2 rings (SSSR count). The number of aromatic nitrogens is 2. The number of hydrogen-bond acceptors (Lipinski definition) is 3. The first-order valence-electron chi connectivity index (χ1n) is 5.64. The largest absolute Gasteiger partial charge is 0.481 e. The molecule has 0 aliphatic carbocycles. The zero-order chi connectivity index (χ0) is 13.1. The van der Waals surface area contributed by atoms with E-state index in [-0.39, 0.29) is 0 Å². The van der Waals surface area contributed by atoms with E-state index in [0.29, 0.717) is 5.75 Å². The lowest BCUT2D eigenvalue weighted by atomic mass is 10.1. The molecular weight excluding hydrogens is 230 g/mol. The van der Waals surface area contributed by atoms with E-state index in [2.05, 4.69) is 10.2 Å². The molecule has 3 N–H and O–H groups in total. The van der Waals surface area contributed by atoms with E-state index in [9.17, 15) is 4.79 Å². The van der Waals surface area contributed by atoms with Gasteiger partial charge in [-0.05, 0) is 32.0 Å². The molecule has 5 heteroatoms. The lowest BCUT2D eigenvalue weighted by molar-refractivity contribution is -0.123. The van der Waals surface area contributed by atoms with Gasteiger partial charge in [0, 0.05) is 11.3 Å². The van der Waals surface area contributed by atoms with E-state index in [1.54, 1.807) is 13.0 Å². The van der Waals surface area contributed by atoms with Crippen molar-refractivity contribution in [2.24, 2.45) is 5.73 Å². The molecule has 0 saturated heterocycles. The van der Waals surface area contributed by atoms with Crippen LogP contribution in [0.2, 0.25) is 0 Å². The number of benzene rings is 1. The summed E-state index contributed by atoms with van der Waals surface area (Å²) in [6.45, 7) is 3.56. The molecule has 1 atom stereocenters. The normalized spacial score (nSPS) is 12.1. The van der Waals surface area contributed by atoms with Crippen molar-refractivity contribution in [2.75, 3.05) is 0 Å². The van der Waals surface area contributed by atoms with Gasteiger partial charge < -0.3 is 10.5 Å². The number of hydrogen-bond donors (Lipinski definition) is 2. The third-order valence-electron chi connectivity index (χ3n) is 2.55. The topological polar surface area (TPSA) is 81.0 Å². The number of aryl methyl sites for hydroxylation is 1. The van der Waals surface area contributed by atoms with Crippen LogP contribution in [0.1, 0.15) is 12.6 Å². The smallest absolute Gasteiger partial charge is 0.258 e. The summed E-state index contributed by atoms with van der Waals surface area (Å²) in [5.74, 6) is 0.107. The van der Waals surface area contributed by atoms with Crippen LogP contribution in [0, 0.1) is 6.92 Å². The molecule has 0 fully saturated rings. The van der Waals surface area contributed by atoms with Crippen LogP contribution < -0.4 is 10.5 Å². The van der Waals surface area contributed by atoms with E-state index in [4.69, 9.17) is 10.5 Å². The van der Waals surface area contributed by atoms with Gasteiger partial charge in [0.15, 0.2) is 6.10 Å². The molecule has 0 spiro atoms. The maximum Gasteiger partial charge on any atom is 0.258 e. The molecule has 0 unspecified atom stereocenters. The molecule has 0 aliphatic heterocycles. The van der Waals surface area contributed by atoms with Gasteiger partial charge in [0.2, 0.25) is 0 Å². The minimum atomic E-state index is -0.652. The van der Waals surface area contributed by atoms with Crippen molar-refractivity contribution >= 4 is 5.91 Å². The Bertz CT molecular complexity index is 563. The fourth-order valence-corrected chi connectivity index (χ4v) is 1.56. The van der Waals surface area contributed by atoms with Crippen molar-refractivity contribution < 1.29 is 9.53 Å². The molecule has 0 radical (unpaired) electrons. The zero-order valence-electron chi connectivity index (χ0n) is 10.3. The third kappa shape index (κ3) is 2.68. The van der Waals surface area contributed by atoms with Gasteiger partial charge in [-0.1, -0.05) is 12.1 Å². The highest BCUT2D eigenvalue weighted by molar-refractivity contribution is 5.78. The summed E-state index contributed by atoms with van der Waals surface area (Å²) in [5, 5.41) is 7.05. The first-order chi connectivity index (χ1) is 8.56. The van der Waals surface area contributed by atoms with Gasteiger partial charge in [0.25, 0.3) is 5.91 Å². The van der Waals surface area contributed by atoms with Crippen molar-refractivity contribution in [1.29, 1.82) is 0 Å². The van der Waals surface area contributed by atoms with E-state index < -0.39 is 12.0 Å². The van der Waals surface area contributed by atoms with E-state index in [1.807, 2.05) is 31.2 Å². The second-order valence-corrected chi connectivity index (χ2v) is 4.13. The Balaban J connectivity index is 2.22. The lowest BCUT2D eigenvalue weighted by Crippen LogP contribution is -2.30. The highest BCUT2D eigenvalue weighted by atomic mass is 16.5. The molecule has 1 aromatic carbocycles. The minimum Gasteiger partial charge on any atom is -0.481 e. The molecule has 0 bridgehead atoms. The van der Waals surface area contributed by atoms with Gasteiger partial charge >= 0.3 is 0 Å². The predicted molar refractivity (Wildman–Crippen MR) is 68.0 cm³/mol. The molecule has 0 aliphatic rings. The van der Waals surface area contributed by atoms with Crippen LogP contribution >= 0.6 is 0 Å². The Morgan fingerprint density at radius 1 is 1.44 bits per heavy atom. The number of ether oxygens (including phenoxy) is 1. The predicted octanol–water partition coefficient (Wildman–Crippen LogP) is 1.64. The van der Waals surface area contributed by atoms with E-state index >= 15 is 0 Å². The lowest BCUT2D eigenvalue weighted by Gasteiger charge is -2.11. The Labute approximate surface area is 105 Å². The summed E-state index contributed by atoms with van der Waals surface area (Å²) < 4.78 is 5.43. The molecule has 1 heterocycles. The van der Waals surface area contributed by atoms with Gasteiger partial charge in [-0.3, -0.25) is 9.89 Å². The highest BCUT2D eigenvalue weighted by Crippen LogP contribution is 2.23. The number of carbonyl (C=O) groups excluding carboxylic acids is 1. The van der Waals surface area contributed by atoms with Gasteiger partial charge in [0.1, 0.15) is 5.75 Å². The standard InChI is InChI=1S/C13H15N3O2/c1-8-6-12(16-15-8)10-4-3-5-11(7-10)18-9(2)13(14)17/h3-7,9H,1-2H3,(H2,14,17)(H,15,16)/t9-/m1/s1. The number of nitrogens with two attached hydrogens (primary N) is 1. The third-order valence-corrected chi connectivity index (χ3v) is 2.55. The second-order valence-electron chi connectivity index (χ2n) is 4.13. The van der Waals surface area contributed by atoms with Gasteiger partial charge in [-0.25, -0.2) is 0 Å². The molecule has 1 aromatic heterocycles. The summed E-state index contributed by atoms with van der Waals surface area (Å²) >= 11 is 0. The summed E-state index contributed by atoms with van der Waals surface area (Å²) in [6, 6.07) is 9.33. The van der Waals surface area contributed by atoms with Crippen LogP contribution in [0.25, 0.3) is 11.3 Å². The van der Waals surface area contributed by atoms with Crippen molar-refractivity contribution in [3.63, 3.8) is 0 Å². The number of rotatable bonds is 4. The number of amides is 1. The van der Waals surface area contributed by atoms with Crippen LogP contribution in [0.15, 0.2) is 30.3 Å². The summed E-state index contributed by atoms with van der Waals surface area (Å²) in [7, 11) is 0. The number of primary amides is 1. The van der Waals surface area contributed by atoms with Crippen molar-refractivity contribution in [2.45, 2.75) is 20.0 Å². The van der Waals surface area contributed by atoms with Crippen molar-refractivity contribution in [3.05, 3.63) is 36.0 Å². The van der Waals surface area contributed by atoms with Gasteiger partial charge in [-0.2, -0.15) is 5.10 Å². The Kier molecular flexibility index (Phi) is 3.32. The van der Waals surface area contributed by atoms with Crippen LogP contribution in [-0.2, 0) is 4.79 Å². The average Bonchev–Trinajstić information content (AvgIpc) is 2.76. The highest BCUT2D eigenvalue weighted by Gasteiger charge is 2.11. The SMILES string of the molecule is Cc1cc(-c2cccc(O[C@H](C)C(N)=O)c2)n[nH]1. The Hall–Kier alpha value is -2.30. The Morgan fingerprint density at radius 3 is 2.83 bits per heavy atom. The van der Waals surface area contributed by atoms with Crippen LogP contribution in [-0.4, -0.2) is 22.2 Å². The molecule has 1 amide bonds. The number of nitrogens with zero attached hydrogens (tertiary/aromatic N) is 1.